The van der Waals surface area contributed by atoms with E-state index in [0.717, 1.165) is 21.8 Å². The summed E-state index contributed by atoms with van der Waals surface area (Å²) in [7, 11) is 0. The fourth-order valence-electron chi connectivity index (χ4n) is 2.66. The quantitative estimate of drug-likeness (QED) is 0.515. The minimum Gasteiger partial charge on any atom is -0.391 e. The van der Waals surface area contributed by atoms with Crippen LogP contribution in [0.4, 0.5) is 0 Å². The fourth-order valence-corrected chi connectivity index (χ4v) is 4.12. The Bertz CT molecular complexity index is 838. The van der Waals surface area contributed by atoms with Gasteiger partial charge < -0.3 is 9.67 Å². The van der Waals surface area contributed by atoms with Crippen LogP contribution in [-0.2, 0) is 12.3 Å². The first-order valence-electron chi connectivity index (χ1n) is 8.33. The number of rotatable bonds is 7. The van der Waals surface area contributed by atoms with Crippen LogP contribution in [0.25, 0.3) is 0 Å². The standard InChI is InChI=1S/C20H20Cl2N2OS/c1-14(20(25)11-24-9-8-23-13-24)15-3-6-18(7-4-15)26-12-16-2-5-17(21)10-19(16)22/h2-10,13-14,20,25H,11-12H2,1H3. The largest absolute Gasteiger partial charge is 0.391 e. The van der Waals surface area contributed by atoms with E-state index in [1.807, 2.05) is 29.8 Å². The van der Waals surface area contributed by atoms with E-state index < -0.39 is 6.10 Å². The normalized spacial score (nSPS) is 13.5. The lowest BCUT2D eigenvalue weighted by molar-refractivity contribution is 0.129. The zero-order valence-electron chi connectivity index (χ0n) is 14.3. The maximum Gasteiger partial charge on any atom is 0.0946 e. The van der Waals surface area contributed by atoms with Crippen LogP contribution in [0.1, 0.15) is 24.0 Å². The molecule has 2 unspecified atom stereocenters. The molecular formula is C20H20Cl2N2OS. The van der Waals surface area contributed by atoms with Gasteiger partial charge >= 0.3 is 0 Å². The number of thioether (sulfide) groups is 1. The first-order chi connectivity index (χ1) is 12.5. The summed E-state index contributed by atoms with van der Waals surface area (Å²) in [6, 6.07) is 13.9. The third-order valence-electron chi connectivity index (χ3n) is 4.35. The van der Waals surface area contributed by atoms with Crippen LogP contribution in [0.5, 0.6) is 0 Å². The average molecular weight is 407 g/mol. The zero-order chi connectivity index (χ0) is 18.5. The molecule has 3 nitrogen and oxygen atoms in total. The molecule has 26 heavy (non-hydrogen) atoms. The number of imidazole rings is 1. The highest BCUT2D eigenvalue weighted by atomic mass is 35.5. The molecule has 0 radical (unpaired) electrons. The molecule has 0 spiro atoms. The summed E-state index contributed by atoms with van der Waals surface area (Å²) in [6.07, 6.45) is 4.83. The minimum atomic E-state index is -0.462. The van der Waals surface area contributed by atoms with Crippen LogP contribution in [0.2, 0.25) is 10.0 Å². The van der Waals surface area contributed by atoms with E-state index in [9.17, 15) is 5.11 Å². The van der Waals surface area contributed by atoms with Gasteiger partial charge in [-0.25, -0.2) is 4.98 Å². The fraction of sp³-hybridized carbons (Fsp3) is 0.250. The topological polar surface area (TPSA) is 38.0 Å². The molecule has 0 aliphatic heterocycles. The number of aliphatic hydroxyl groups is 1. The van der Waals surface area contributed by atoms with Gasteiger partial charge in [-0.1, -0.05) is 48.3 Å². The third kappa shape index (κ3) is 5.04. The molecule has 2 atom stereocenters. The van der Waals surface area contributed by atoms with E-state index in [0.29, 0.717) is 16.6 Å². The first-order valence-corrected chi connectivity index (χ1v) is 10.1. The van der Waals surface area contributed by atoms with Crippen molar-refractivity contribution in [2.45, 2.75) is 36.1 Å². The molecule has 0 aliphatic carbocycles. The highest BCUT2D eigenvalue weighted by Crippen LogP contribution is 2.30. The Morgan fingerprint density at radius 2 is 1.92 bits per heavy atom. The molecule has 1 aromatic heterocycles. The van der Waals surface area contributed by atoms with Gasteiger partial charge in [-0.15, -0.1) is 11.8 Å². The lowest BCUT2D eigenvalue weighted by Crippen LogP contribution is -2.21. The number of hydrogen-bond acceptors (Lipinski definition) is 3. The Hall–Kier alpha value is -1.46. The maximum absolute atomic E-state index is 10.4. The van der Waals surface area contributed by atoms with Gasteiger partial charge in [-0.2, -0.15) is 0 Å². The van der Waals surface area contributed by atoms with Gasteiger partial charge in [0.05, 0.1) is 19.0 Å². The Labute approximate surface area is 168 Å². The second-order valence-electron chi connectivity index (χ2n) is 6.21. The highest BCUT2D eigenvalue weighted by Gasteiger charge is 2.16. The molecule has 1 heterocycles. The van der Waals surface area contributed by atoms with Crippen molar-refractivity contribution in [2.75, 3.05) is 0 Å². The molecule has 6 heteroatoms. The van der Waals surface area contributed by atoms with Crippen molar-refractivity contribution in [2.24, 2.45) is 0 Å². The monoisotopic (exact) mass is 406 g/mol. The smallest absolute Gasteiger partial charge is 0.0946 e. The number of aromatic nitrogens is 2. The lowest BCUT2D eigenvalue weighted by atomic mass is 9.95. The third-order valence-corrected chi connectivity index (χ3v) is 6.00. The van der Waals surface area contributed by atoms with Gasteiger partial charge in [0.2, 0.25) is 0 Å². The van der Waals surface area contributed by atoms with Crippen molar-refractivity contribution < 1.29 is 5.11 Å². The van der Waals surface area contributed by atoms with Crippen LogP contribution < -0.4 is 0 Å². The van der Waals surface area contributed by atoms with Crippen LogP contribution in [0.15, 0.2) is 66.1 Å². The highest BCUT2D eigenvalue weighted by molar-refractivity contribution is 7.98. The summed E-state index contributed by atoms with van der Waals surface area (Å²) < 4.78 is 1.89. The molecule has 2 aromatic carbocycles. The van der Waals surface area contributed by atoms with Crippen molar-refractivity contribution in [3.63, 3.8) is 0 Å². The summed E-state index contributed by atoms with van der Waals surface area (Å²) in [5.41, 5.74) is 2.18. The Morgan fingerprint density at radius 3 is 2.58 bits per heavy atom. The molecule has 0 saturated heterocycles. The van der Waals surface area contributed by atoms with Crippen molar-refractivity contribution in [3.8, 4) is 0 Å². The number of halogens is 2. The van der Waals surface area contributed by atoms with Crippen molar-refractivity contribution in [1.29, 1.82) is 0 Å². The van der Waals surface area contributed by atoms with E-state index in [2.05, 4.69) is 29.2 Å². The molecule has 0 amide bonds. The van der Waals surface area contributed by atoms with Crippen LogP contribution in [0, 0.1) is 0 Å². The summed E-state index contributed by atoms with van der Waals surface area (Å²) in [6.45, 7) is 2.57. The Kier molecular flexibility index (Phi) is 6.65. The number of hydrogen-bond donors (Lipinski definition) is 1. The van der Waals surface area contributed by atoms with E-state index >= 15 is 0 Å². The van der Waals surface area contributed by atoms with Crippen molar-refractivity contribution in [3.05, 3.63) is 82.4 Å². The second-order valence-corrected chi connectivity index (χ2v) is 8.10. The van der Waals surface area contributed by atoms with E-state index in [4.69, 9.17) is 23.2 Å². The molecular weight excluding hydrogens is 387 g/mol. The van der Waals surface area contributed by atoms with E-state index in [1.165, 1.54) is 0 Å². The van der Waals surface area contributed by atoms with Crippen molar-refractivity contribution in [1.82, 2.24) is 9.55 Å². The van der Waals surface area contributed by atoms with Gasteiger partial charge in [0.15, 0.2) is 0 Å². The predicted molar refractivity (Wildman–Crippen MR) is 109 cm³/mol. The number of benzene rings is 2. The molecule has 1 N–H and O–H groups in total. The van der Waals surface area contributed by atoms with Crippen molar-refractivity contribution >= 4 is 35.0 Å². The molecule has 3 aromatic rings. The van der Waals surface area contributed by atoms with Crippen LogP contribution >= 0.6 is 35.0 Å². The molecule has 0 aliphatic rings. The Balaban J connectivity index is 1.59. The number of nitrogens with zero attached hydrogens (tertiary/aromatic N) is 2. The first kappa shape index (κ1) is 19.3. The molecule has 0 bridgehead atoms. The molecule has 0 fully saturated rings. The van der Waals surface area contributed by atoms with Gasteiger partial charge in [-0.05, 0) is 35.4 Å². The van der Waals surface area contributed by atoms with Gasteiger partial charge in [0, 0.05) is 39.0 Å². The summed E-state index contributed by atoms with van der Waals surface area (Å²) >= 11 is 13.9. The van der Waals surface area contributed by atoms with Crippen LogP contribution in [0.3, 0.4) is 0 Å². The minimum absolute atomic E-state index is 0.0437. The second kappa shape index (κ2) is 8.96. The van der Waals surface area contributed by atoms with Gasteiger partial charge in [0.1, 0.15) is 0 Å². The maximum atomic E-state index is 10.4. The van der Waals surface area contributed by atoms with E-state index in [1.54, 1.807) is 30.4 Å². The summed E-state index contributed by atoms with van der Waals surface area (Å²) in [5.74, 6) is 0.830. The Morgan fingerprint density at radius 1 is 1.15 bits per heavy atom. The predicted octanol–water partition coefficient (Wildman–Crippen LogP) is 5.65. The molecule has 136 valence electrons. The average Bonchev–Trinajstić information content (AvgIpc) is 3.14. The summed E-state index contributed by atoms with van der Waals surface area (Å²) in [5, 5.41) is 11.8. The SMILES string of the molecule is CC(c1ccc(SCc2ccc(Cl)cc2Cl)cc1)C(O)Cn1ccnc1. The molecule has 0 saturated carbocycles. The molecule has 3 rings (SSSR count). The number of aliphatic hydroxyl groups excluding tert-OH is 1. The summed E-state index contributed by atoms with van der Waals surface area (Å²) in [4.78, 5) is 5.17. The van der Waals surface area contributed by atoms with Gasteiger partial charge in [-0.3, -0.25) is 0 Å². The zero-order valence-corrected chi connectivity index (χ0v) is 16.7. The van der Waals surface area contributed by atoms with Crippen LogP contribution in [-0.4, -0.2) is 20.8 Å². The lowest BCUT2D eigenvalue weighted by Gasteiger charge is -2.20. The van der Waals surface area contributed by atoms with Gasteiger partial charge in [0.25, 0.3) is 0 Å². The van der Waals surface area contributed by atoms with E-state index in [-0.39, 0.29) is 5.92 Å².